The van der Waals surface area contributed by atoms with Crippen molar-refractivity contribution in [1.29, 1.82) is 0 Å². The first-order chi connectivity index (χ1) is 13.7. The molecule has 2 aromatic heterocycles. The summed E-state index contributed by atoms with van der Waals surface area (Å²) in [7, 11) is 1.29. The summed E-state index contributed by atoms with van der Waals surface area (Å²) in [6.07, 6.45) is 1.74. The van der Waals surface area contributed by atoms with Crippen LogP contribution in [0.4, 0.5) is 5.69 Å². The molecule has 0 bridgehead atoms. The molecule has 2 aromatic rings. The van der Waals surface area contributed by atoms with Crippen molar-refractivity contribution in [3.63, 3.8) is 0 Å². The summed E-state index contributed by atoms with van der Waals surface area (Å²) < 4.78 is 15.6. The average molecular weight is 401 g/mol. The van der Waals surface area contributed by atoms with Crippen LogP contribution in [0.3, 0.4) is 0 Å². The number of methoxy groups -OCH3 is 1. The van der Waals surface area contributed by atoms with E-state index < -0.39 is 17.4 Å². The third-order valence-electron chi connectivity index (χ3n) is 4.39. The number of hydrogen-bond acceptors (Lipinski definition) is 7. The summed E-state index contributed by atoms with van der Waals surface area (Å²) in [6, 6.07) is 3.18. The molecule has 154 valence electrons. The molecule has 1 aliphatic heterocycles. The Morgan fingerprint density at radius 1 is 1.34 bits per heavy atom. The van der Waals surface area contributed by atoms with Crippen LogP contribution in [0.5, 0.6) is 5.88 Å². The number of pyridine rings is 1. The SMILES string of the molecule is CCOc1nc(CC(=O)OC)ccc1NC(=O)c1coc2c1C(=O)NC(C)(C)C2. The summed E-state index contributed by atoms with van der Waals surface area (Å²) in [5, 5.41) is 5.56. The first kappa shape index (κ1) is 20.4. The van der Waals surface area contributed by atoms with Gasteiger partial charge in [-0.25, -0.2) is 4.98 Å². The smallest absolute Gasteiger partial charge is 0.311 e. The first-order valence-corrected chi connectivity index (χ1v) is 9.18. The summed E-state index contributed by atoms with van der Waals surface area (Å²) in [5.41, 5.74) is 0.679. The van der Waals surface area contributed by atoms with E-state index in [2.05, 4.69) is 20.4 Å². The van der Waals surface area contributed by atoms with E-state index in [-0.39, 0.29) is 29.3 Å². The number of esters is 1. The second-order valence-corrected chi connectivity index (χ2v) is 7.26. The normalized spacial score (nSPS) is 14.6. The zero-order valence-electron chi connectivity index (χ0n) is 16.8. The monoisotopic (exact) mass is 401 g/mol. The lowest BCUT2D eigenvalue weighted by molar-refractivity contribution is -0.139. The molecule has 2 N–H and O–H groups in total. The van der Waals surface area contributed by atoms with Crippen molar-refractivity contribution in [1.82, 2.24) is 10.3 Å². The third-order valence-corrected chi connectivity index (χ3v) is 4.39. The number of amides is 2. The minimum atomic E-state index is -0.520. The van der Waals surface area contributed by atoms with Gasteiger partial charge in [-0.15, -0.1) is 0 Å². The molecule has 0 aliphatic carbocycles. The molecule has 0 fully saturated rings. The van der Waals surface area contributed by atoms with Crippen molar-refractivity contribution in [2.45, 2.75) is 39.2 Å². The van der Waals surface area contributed by atoms with Gasteiger partial charge < -0.3 is 24.5 Å². The topological polar surface area (TPSA) is 120 Å². The minimum Gasteiger partial charge on any atom is -0.476 e. The molecule has 3 rings (SSSR count). The lowest BCUT2D eigenvalue weighted by Gasteiger charge is -2.29. The van der Waals surface area contributed by atoms with E-state index in [1.165, 1.54) is 13.4 Å². The van der Waals surface area contributed by atoms with Gasteiger partial charge in [0.05, 0.1) is 37.0 Å². The van der Waals surface area contributed by atoms with Crippen LogP contribution in [-0.2, 0) is 22.4 Å². The zero-order valence-corrected chi connectivity index (χ0v) is 16.8. The summed E-state index contributed by atoms with van der Waals surface area (Å²) in [5.74, 6) is -0.665. The number of carbonyl (C=O) groups excluding carboxylic acids is 3. The molecule has 0 atom stereocenters. The van der Waals surface area contributed by atoms with Gasteiger partial charge in [-0.05, 0) is 32.9 Å². The van der Waals surface area contributed by atoms with Crippen LogP contribution in [0.25, 0.3) is 0 Å². The molecule has 2 amide bonds. The molecule has 29 heavy (non-hydrogen) atoms. The van der Waals surface area contributed by atoms with Gasteiger partial charge in [-0.1, -0.05) is 0 Å². The molecular formula is C20H23N3O6. The molecule has 0 saturated heterocycles. The number of nitrogens with one attached hydrogen (secondary N) is 2. The highest BCUT2D eigenvalue weighted by atomic mass is 16.5. The van der Waals surface area contributed by atoms with Crippen LogP contribution in [0.15, 0.2) is 22.8 Å². The van der Waals surface area contributed by atoms with E-state index in [0.717, 1.165) is 0 Å². The Kier molecular flexibility index (Phi) is 5.58. The lowest BCUT2D eigenvalue weighted by Crippen LogP contribution is -2.49. The summed E-state index contributed by atoms with van der Waals surface area (Å²) in [4.78, 5) is 41.0. The molecule has 0 spiro atoms. The van der Waals surface area contributed by atoms with Gasteiger partial charge in [0.15, 0.2) is 0 Å². The van der Waals surface area contributed by atoms with Crippen molar-refractivity contribution in [3.8, 4) is 5.88 Å². The van der Waals surface area contributed by atoms with E-state index >= 15 is 0 Å². The highest BCUT2D eigenvalue weighted by Gasteiger charge is 2.36. The standard InChI is InChI=1S/C20H23N3O6/c1-5-28-19-13(7-6-11(21-19)8-15(24)27-4)22-17(25)12-10-29-14-9-20(2,3)23-18(26)16(12)14/h6-7,10H,5,8-9H2,1-4H3,(H,22,25)(H,23,26). The molecule has 0 unspecified atom stereocenters. The Labute approximate surface area is 167 Å². The summed E-state index contributed by atoms with van der Waals surface area (Å²) in [6.45, 7) is 5.85. The van der Waals surface area contributed by atoms with Crippen molar-refractivity contribution < 1.29 is 28.3 Å². The number of hydrogen-bond donors (Lipinski definition) is 2. The number of aromatic nitrogens is 1. The maximum absolute atomic E-state index is 12.8. The van der Waals surface area contributed by atoms with Gasteiger partial charge in [0.2, 0.25) is 5.88 Å². The average Bonchev–Trinajstić information content (AvgIpc) is 3.06. The first-order valence-electron chi connectivity index (χ1n) is 9.18. The van der Waals surface area contributed by atoms with Gasteiger partial charge in [-0.3, -0.25) is 14.4 Å². The van der Waals surface area contributed by atoms with Crippen molar-refractivity contribution >= 4 is 23.5 Å². The lowest BCUT2D eigenvalue weighted by atomic mass is 9.91. The van der Waals surface area contributed by atoms with Crippen molar-refractivity contribution in [3.05, 3.63) is 41.0 Å². The van der Waals surface area contributed by atoms with E-state index in [1.54, 1.807) is 19.1 Å². The van der Waals surface area contributed by atoms with Crippen molar-refractivity contribution in [2.75, 3.05) is 19.0 Å². The number of rotatable bonds is 6. The molecule has 9 nitrogen and oxygen atoms in total. The molecule has 0 saturated carbocycles. The molecule has 3 heterocycles. The van der Waals surface area contributed by atoms with Gasteiger partial charge in [0, 0.05) is 12.0 Å². The largest absolute Gasteiger partial charge is 0.476 e. The second kappa shape index (κ2) is 7.94. The van der Waals surface area contributed by atoms with Gasteiger partial charge in [-0.2, -0.15) is 0 Å². The third kappa shape index (κ3) is 4.39. The number of anilines is 1. The maximum Gasteiger partial charge on any atom is 0.311 e. The maximum atomic E-state index is 12.8. The van der Waals surface area contributed by atoms with E-state index in [0.29, 0.717) is 30.2 Å². The van der Waals surface area contributed by atoms with Crippen molar-refractivity contribution in [2.24, 2.45) is 0 Å². The highest BCUT2D eigenvalue weighted by Crippen LogP contribution is 2.29. The number of nitrogens with zero attached hydrogens (tertiary/aromatic N) is 1. The number of carbonyl (C=O) groups is 3. The number of ether oxygens (including phenoxy) is 2. The Morgan fingerprint density at radius 2 is 2.10 bits per heavy atom. The molecule has 0 radical (unpaired) electrons. The predicted molar refractivity (Wildman–Crippen MR) is 103 cm³/mol. The van der Waals surface area contributed by atoms with Crippen LogP contribution in [0, 0.1) is 0 Å². The Balaban J connectivity index is 1.85. The minimum absolute atomic E-state index is 0.0179. The van der Waals surface area contributed by atoms with Gasteiger partial charge >= 0.3 is 5.97 Å². The van der Waals surface area contributed by atoms with Gasteiger partial charge in [0.1, 0.15) is 17.7 Å². The predicted octanol–water partition coefficient (Wildman–Crippen LogP) is 2.11. The Hall–Kier alpha value is -3.36. The Bertz CT molecular complexity index is 963. The molecule has 0 aromatic carbocycles. The van der Waals surface area contributed by atoms with Crippen LogP contribution in [0.1, 0.15) is 52.9 Å². The Morgan fingerprint density at radius 3 is 2.79 bits per heavy atom. The fourth-order valence-electron chi connectivity index (χ4n) is 3.09. The fraction of sp³-hybridized carbons (Fsp3) is 0.400. The molecule has 1 aliphatic rings. The van der Waals surface area contributed by atoms with Crippen LogP contribution >= 0.6 is 0 Å². The van der Waals surface area contributed by atoms with Crippen LogP contribution in [0.2, 0.25) is 0 Å². The van der Waals surface area contributed by atoms with Crippen LogP contribution < -0.4 is 15.4 Å². The molecular weight excluding hydrogens is 378 g/mol. The quantitative estimate of drug-likeness (QED) is 0.711. The number of furan rings is 1. The molecule has 9 heteroatoms. The second-order valence-electron chi connectivity index (χ2n) is 7.26. The van der Waals surface area contributed by atoms with Gasteiger partial charge in [0.25, 0.3) is 11.8 Å². The van der Waals surface area contributed by atoms with E-state index in [4.69, 9.17) is 9.15 Å². The highest BCUT2D eigenvalue weighted by molar-refractivity contribution is 6.13. The fourth-order valence-corrected chi connectivity index (χ4v) is 3.09. The van der Waals surface area contributed by atoms with E-state index in [1.807, 2.05) is 13.8 Å². The van der Waals surface area contributed by atoms with E-state index in [9.17, 15) is 14.4 Å². The zero-order chi connectivity index (χ0) is 21.2. The van der Waals surface area contributed by atoms with Crippen LogP contribution in [-0.4, -0.2) is 42.0 Å². The number of fused-ring (bicyclic) bond motifs is 1. The summed E-state index contributed by atoms with van der Waals surface area (Å²) >= 11 is 0.